The first kappa shape index (κ1) is 7.67. The Balaban J connectivity index is 2.24. The first-order chi connectivity index (χ1) is 5.68. The molecule has 0 bridgehead atoms. The van der Waals surface area contributed by atoms with Crippen LogP contribution in [-0.4, -0.2) is 17.3 Å². The number of hydrogen-bond donors (Lipinski definition) is 2. The molecule has 2 atom stereocenters. The van der Waals surface area contributed by atoms with E-state index in [1.165, 1.54) is 11.8 Å². The third kappa shape index (κ3) is 1.01. The van der Waals surface area contributed by atoms with E-state index < -0.39 is 6.03 Å². The van der Waals surface area contributed by atoms with Gasteiger partial charge in [0.1, 0.15) is 0 Å². The SMILES string of the molecule is CC1=CS[C@H]2NC(=O)NC(=O)[C@@H]12. The lowest BCUT2D eigenvalue weighted by Gasteiger charge is -2.25. The number of hydrogen-bond acceptors (Lipinski definition) is 3. The van der Waals surface area contributed by atoms with Crippen LogP contribution in [0.1, 0.15) is 6.92 Å². The topological polar surface area (TPSA) is 58.2 Å². The summed E-state index contributed by atoms with van der Waals surface area (Å²) in [5.41, 5.74) is 1.02. The van der Waals surface area contributed by atoms with Crippen LogP contribution < -0.4 is 10.6 Å². The molecule has 2 rings (SSSR count). The molecule has 0 aromatic carbocycles. The molecule has 0 spiro atoms. The van der Waals surface area contributed by atoms with Crippen LogP contribution in [0.15, 0.2) is 11.0 Å². The highest BCUT2D eigenvalue weighted by atomic mass is 32.2. The highest BCUT2D eigenvalue weighted by Gasteiger charge is 2.39. The molecule has 0 aliphatic carbocycles. The van der Waals surface area contributed by atoms with E-state index in [9.17, 15) is 9.59 Å². The van der Waals surface area contributed by atoms with Crippen molar-refractivity contribution in [3.8, 4) is 0 Å². The van der Waals surface area contributed by atoms with Crippen LogP contribution in [0.3, 0.4) is 0 Å². The van der Waals surface area contributed by atoms with E-state index in [0.717, 1.165) is 5.57 Å². The van der Waals surface area contributed by atoms with Gasteiger partial charge in [0, 0.05) is 0 Å². The number of rotatable bonds is 0. The van der Waals surface area contributed by atoms with E-state index in [0.29, 0.717) is 0 Å². The molecule has 1 saturated heterocycles. The maximum atomic E-state index is 11.3. The fraction of sp³-hybridized carbons (Fsp3) is 0.429. The minimum absolute atomic E-state index is 0.0914. The minimum Gasteiger partial charge on any atom is -0.325 e. The van der Waals surface area contributed by atoms with Gasteiger partial charge in [-0.2, -0.15) is 0 Å². The average molecular weight is 184 g/mol. The van der Waals surface area contributed by atoms with Crippen molar-refractivity contribution >= 4 is 23.7 Å². The molecule has 0 aromatic heterocycles. The van der Waals surface area contributed by atoms with Crippen LogP contribution in [0.4, 0.5) is 4.79 Å². The Morgan fingerprint density at radius 2 is 2.25 bits per heavy atom. The van der Waals surface area contributed by atoms with Gasteiger partial charge < -0.3 is 5.32 Å². The van der Waals surface area contributed by atoms with E-state index in [1.807, 2.05) is 12.3 Å². The number of nitrogens with one attached hydrogen (secondary N) is 2. The van der Waals surface area contributed by atoms with E-state index in [4.69, 9.17) is 0 Å². The third-order valence-electron chi connectivity index (χ3n) is 1.99. The average Bonchev–Trinajstić information content (AvgIpc) is 2.31. The molecule has 0 unspecified atom stereocenters. The third-order valence-corrected chi connectivity index (χ3v) is 3.18. The highest BCUT2D eigenvalue weighted by Crippen LogP contribution is 2.35. The number of fused-ring (bicyclic) bond motifs is 1. The van der Waals surface area contributed by atoms with Crippen molar-refractivity contribution < 1.29 is 9.59 Å². The second-order valence-corrected chi connectivity index (χ2v) is 3.87. The fourth-order valence-corrected chi connectivity index (χ4v) is 2.57. The monoisotopic (exact) mass is 184 g/mol. The van der Waals surface area contributed by atoms with Crippen molar-refractivity contribution in [1.82, 2.24) is 10.6 Å². The fourth-order valence-electron chi connectivity index (χ4n) is 1.39. The van der Waals surface area contributed by atoms with Crippen LogP contribution in [-0.2, 0) is 4.79 Å². The number of imide groups is 1. The van der Waals surface area contributed by atoms with Crippen molar-refractivity contribution in [3.05, 3.63) is 11.0 Å². The number of carbonyl (C=O) groups is 2. The van der Waals surface area contributed by atoms with E-state index in [-0.39, 0.29) is 17.2 Å². The van der Waals surface area contributed by atoms with E-state index in [2.05, 4.69) is 10.6 Å². The Hall–Kier alpha value is -0.970. The quantitative estimate of drug-likeness (QED) is 0.573. The Kier molecular flexibility index (Phi) is 1.61. The van der Waals surface area contributed by atoms with Gasteiger partial charge in [-0.25, -0.2) is 4.79 Å². The summed E-state index contributed by atoms with van der Waals surface area (Å²) in [5, 5.41) is 6.74. The maximum absolute atomic E-state index is 11.3. The summed E-state index contributed by atoms with van der Waals surface area (Å²) in [6.45, 7) is 1.90. The summed E-state index contributed by atoms with van der Waals surface area (Å²) in [4.78, 5) is 22.1. The first-order valence-electron chi connectivity index (χ1n) is 3.62. The number of amides is 3. The number of urea groups is 1. The molecule has 2 N–H and O–H groups in total. The lowest BCUT2D eigenvalue weighted by atomic mass is 10.00. The van der Waals surface area contributed by atoms with Crippen molar-refractivity contribution in [3.63, 3.8) is 0 Å². The zero-order valence-corrected chi connectivity index (χ0v) is 7.27. The lowest BCUT2D eigenvalue weighted by Crippen LogP contribution is -2.55. The smallest absolute Gasteiger partial charge is 0.322 e. The molecule has 2 heterocycles. The summed E-state index contributed by atoms with van der Waals surface area (Å²) >= 11 is 1.49. The second kappa shape index (κ2) is 2.52. The largest absolute Gasteiger partial charge is 0.325 e. The van der Waals surface area contributed by atoms with Crippen LogP contribution in [0, 0.1) is 5.92 Å². The summed E-state index contributed by atoms with van der Waals surface area (Å²) in [6.07, 6.45) is 0. The normalized spacial score (nSPS) is 33.6. The van der Waals surface area contributed by atoms with Gasteiger partial charge in [-0.05, 0) is 12.3 Å². The molecule has 1 fully saturated rings. The molecule has 5 heteroatoms. The van der Waals surface area contributed by atoms with E-state index in [1.54, 1.807) is 0 Å². The van der Waals surface area contributed by atoms with E-state index >= 15 is 0 Å². The van der Waals surface area contributed by atoms with Gasteiger partial charge in [0.05, 0.1) is 11.3 Å². The van der Waals surface area contributed by atoms with Gasteiger partial charge in [-0.15, -0.1) is 11.8 Å². The lowest BCUT2D eigenvalue weighted by molar-refractivity contribution is -0.123. The van der Waals surface area contributed by atoms with Crippen molar-refractivity contribution in [2.24, 2.45) is 5.92 Å². The van der Waals surface area contributed by atoms with Gasteiger partial charge in [-0.1, -0.05) is 5.57 Å². The Morgan fingerprint density at radius 3 is 3.00 bits per heavy atom. The summed E-state index contributed by atoms with van der Waals surface area (Å²) in [7, 11) is 0. The van der Waals surface area contributed by atoms with Gasteiger partial charge >= 0.3 is 6.03 Å². The van der Waals surface area contributed by atoms with Crippen molar-refractivity contribution in [1.29, 1.82) is 0 Å². The van der Waals surface area contributed by atoms with Crippen LogP contribution in [0.25, 0.3) is 0 Å². The number of carbonyl (C=O) groups excluding carboxylic acids is 2. The summed E-state index contributed by atoms with van der Waals surface area (Å²) in [6, 6.07) is -0.392. The van der Waals surface area contributed by atoms with Crippen LogP contribution >= 0.6 is 11.8 Å². The molecule has 0 radical (unpaired) electrons. The van der Waals surface area contributed by atoms with Crippen LogP contribution in [0.5, 0.6) is 0 Å². The molecule has 0 saturated carbocycles. The zero-order chi connectivity index (χ0) is 8.72. The molecular formula is C7H8N2O2S. The van der Waals surface area contributed by atoms with Gasteiger partial charge in [0.15, 0.2) is 0 Å². The molecular weight excluding hydrogens is 176 g/mol. The number of thioether (sulfide) groups is 1. The van der Waals surface area contributed by atoms with Crippen molar-refractivity contribution in [2.75, 3.05) is 0 Å². The maximum Gasteiger partial charge on any atom is 0.322 e. The Morgan fingerprint density at radius 1 is 1.50 bits per heavy atom. The summed E-state index contributed by atoms with van der Waals surface area (Å²) < 4.78 is 0. The summed E-state index contributed by atoms with van der Waals surface area (Å²) in [5.74, 6) is -0.366. The molecule has 4 nitrogen and oxygen atoms in total. The Bertz CT molecular complexity index is 287. The highest BCUT2D eigenvalue weighted by molar-refractivity contribution is 8.03. The molecule has 2 aliphatic heterocycles. The first-order valence-corrected chi connectivity index (χ1v) is 4.56. The minimum atomic E-state index is -0.392. The molecule has 64 valence electrons. The predicted octanol–water partition coefficient (Wildman–Crippen LogP) is 0.419. The second-order valence-electron chi connectivity index (χ2n) is 2.86. The molecule has 2 aliphatic rings. The van der Waals surface area contributed by atoms with Crippen LogP contribution in [0.2, 0.25) is 0 Å². The predicted molar refractivity (Wildman–Crippen MR) is 45.3 cm³/mol. The van der Waals surface area contributed by atoms with Gasteiger partial charge in [0.2, 0.25) is 5.91 Å². The van der Waals surface area contributed by atoms with Crippen molar-refractivity contribution in [2.45, 2.75) is 12.3 Å². The van der Waals surface area contributed by atoms with Gasteiger partial charge in [0.25, 0.3) is 0 Å². The Labute approximate surface area is 73.8 Å². The standard InChI is InChI=1S/C7H8N2O2S/c1-3-2-12-6-4(3)5(10)8-7(11)9-6/h2,4,6H,1H3,(H2,8,9,10,11)/t4-,6-/m1/s1. The molecule has 3 amide bonds. The van der Waals surface area contributed by atoms with Gasteiger partial charge in [-0.3, -0.25) is 10.1 Å². The molecule has 0 aromatic rings. The molecule has 12 heavy (non-hydrogen) atoms. The zero-order valence-electron chi connectivity index (χ0n) is 6.46.